The number of ether oxygens (including phenoxy) is 2. The van der Waals surface area contributed by atoms with Crippen LogP contribution in [0.2, 0.25) is 0 Å². The number of amides is 1. The van der Waals surface area contributed by atoms with Crippen LogP contribution >= 0.6 is 15.9 Å². The van der Waals surface area contributed by atoms with Gasteiger partial charge in [0.1, 0.15) is 13.2 Å². The fourth-order valence-corrected chi connectivity index (χ4v) is 5.66. The van der Waals surface area contributed by atoms with E-state index >= 15 is 0 Å². The predicted octanol–water partition coefficient (Wildman–Crippen LogP) is 6.08. The molecule has 0 radical (unpaired) electrons. The first kappa shape index (κ1) is 29.8. The highest BCUT2D eigenvalue weighted by Gasteiger charge is 2.27. The molecule has 8 nitrogen and oxygen atoms in total. The Labute approximate surface area is 248 Å². The van der Waals surface area contributed by atoms with E-state index in [1.54, 1.807) is 54.6 Å². The quantitative estimate of drug-likeness (QED) is 0.150. The maximum absolute atomic E-state index is 13.5. The van der Waals surface area contributed by atoms with Gasteiger partial charge in [-0.1, -0.05) is 70.0 Å². The zero-order chi connectivity index (χ0) is 29.2. The van der Waals surface area contributed by atoms with E-state index in [4.69, 9.17) is 9.47 Å². The molecule has 0 aliphatic rings. The molecular formula is C31H30BrN3O5S. The maximum Gasteiger partial charge on any atom is 0.264 e. The second-order valence-electron chi connectivity index (χ2n) is 9.01. The second kappa shape index (κ2) is 14.0. The van der Waals surface area contributed by atoms with E-state index in [0.717, 1.165) is 15.4 Å². The number of hydrazone groups is 1. The molecular weight excluding hydrogens is 606 g/mol. The van der Waals surface area contributed by atoms with Crippen molar-refractivity contribution < 1.29 is 22.7 Å². The number of hydrogen-bond donors (Lipinski definition) is 1. The van der Waals surface area contributed by atoms with Gasteiger partial charge in [-0.3, -0.25) is 9.10 Å². The van der Waals surface area contributed by atoms with Gasteiger partial charge in [0.15, 0.2) is 11.5 Å². The van der Waals surface area contributed by atoms with Crippen LogP contribution in [0.5, 0.6) is 11.5 Å². The van der Waals surface area contributed by atoms with Crippen LogP contribution in [0.25, 0.3) is 0 Å². The molecule has 4 rings (SSSR count). The standard InChI is InChI=1S/C31H30BrN3O5S/c1-3-39-30-18-25(14-17-29(30)40-22-24-8-5-4-6-9-24)20-33-34-31(36)21-35(27-11-7-10-26(32)19-27)41(37,38)28-15-12-23(2)13-16-28/h4-20H,3,21-22H2,1-2H3,(H,34,36)/b33-20-. The lowest BCUT2D eigenvalue weighted by Gasteiger charge is -2.24. The molecule has 0 fully saturated rings. The highest BCUT2D eigenvalue weighted by atomic mass is 79.9. The van der Waals surface area contributed by atoms with Crippen LogP contribution in [0, 0.1) is 6.92 Å². The summed E-state index contributed by atoms with van der Waals surface area (Å²) in [5.74, 6) is 0.524. The Hall–Kier alpha value is -4.15. The normalized spacial score (nSPS) is 11.3. The largest absolute Gasteiger partial charge is 0.490 e. The van der Waals surface area contributed by atoms with Crippen LogP contribution in [-0.4, -0.2) is 33.7 Å². The molecule has 0 unspecified atom stereocenters. The number of nitrogens with one attached hydrogen (secondary N) is 1. The van der Waals surface area contributed by atoms with E-state index in [-0.39, 0.29) is 4.90 Å². The molecule has 212 valence electrons. The van der Waals surface area contributed by atoms with Gasteiger partial charge in [0, 0.05) is 4.47 Å². The third kappa shape index (κ3) is 8.18. The number of rotatable bonds is 12. The van der Waals surface area contributed by atoms with Crippen molar-refractivity contribution in [1.82, 2.24) is 5.43 Å². The van der Waals surface area contributed by atoms with Crippen molar-refractivity contribution in [3.63, 3.8) is 0 Å². The number of halogens is 1. The molecule has 4 aromatic rings. The van der Waals surface area contributed by atoms with Gasteiger partial charge in [-0.25, -0.2) is 13.8 Å². The summed E-state index contributed by atoms with van der Waals surface area (Å²) < 4.78 is 40.5. The Bertz CT molecular complexity index is 1610. The zero-order valence-electron chi connectivity index (χ0n) is 22.7. The van der Waals surface area contributed by atoms with Gasteiger partial charge in [0.25, 0.3) is 15.9 Å². The minimum atomic E-state index is -4.03. The molecule has 0 aromatic heterocycles. The second-order valence-corrected chi connectivity index (χ2v) is 11.8. The number of aryl methyl sites for hydroxylation is 1. The Balaban J connectivity index is 1.47. The average Bonchev–Trinajstić information content (AvgIpc) is 2.96. The number of nitrogens with zero attached hydrogens (tertiary/aromatic N) is 2. The molecule has 0 heterocycles. The van der Waals surface area contributed by atoms with Gasteiger partial charge in [0.05, 0.1) is 23.4 Å². The summed E-state index contributed by atoms with van der Waals surface area (Å²) in [6, 6.07) is 28.4. The molecule has 41 heavy (non-hydrogen) atoms. The highest BCUT2D eigenvalue weighted by molar-refractivity contribution is 9.10. The maximum atomic E-state index is 13.5. The molecule has 1 N–H and O–H groups in total. The Morgan fingerprint density at radius 1 is 0.927 bits per heavy atom. The number of carbonyl (C=O) groups is 1. The first-order valence-electron chi connectivity index (χ1n) is 12.9. The van der Waals surface area contributed by atoms with Crippen molar-refractivity contribution in [2.75, 3.05) is 17.5 Å². The van der Waals surface area contributed by atoms with Crippen molar-refractivity contribution in [1.29, 1.82) is 0 Å². The first-order valence-corrected chi connectivity index (χ1v) is 15.1. The lowest BCUT2D eigenvalue weighted by molar-refractivity contribution is -0.119. The first-order chi connectivity index (χ1) is 19.8. The Morgan fingerprint density at radius 3 is 2.39 bits per heavy atom. The number of sulfonamides is 1. The van der Waals surface area contributed by atoms with E-state index in [2.05, 4.69) is 26.5 Å². The summed E-state index contributed by atoms with van der Waals surface area (Å²) >= 11 is 3.38. The molecule has 0 atom stereocenters. The van der Waals surface area contributed by atoms with Gasteiger partial charge in [-0.05, 0) is 73.5 Å². The van der Waals surface area contributed by atoms with E-state index < -0.39 is 22.5 Å². The molecule has 0 aliphatic heterocycles. The fourth-order valence-electron chi connectivity index (χ4n) is 3.86. The molecule has 4 aromatic carbocycles. The molecule has 10 heteroatoms. The number of hydrogen-bond acceptors (Lipinski definition) is 6. The number of anilines is 1. The van der Waals surface area contributed by atoms with E-state index in [9.17, 15) is 13.2 Å². The molecule has 0 aliphatic carbocycles. The topological polar surface area (TPSA) is 97.3 Å². The summed E-state index contributed by atoms with van der Waals surface area (Å²) in [6.45, 7) is 4.12. The average molecular weight is 637 g/mol. The molecule has 0 saturated heterocycles. The van der Waals surface area contributed by atoms with E-state index in [0.29, 0.717) is 40.4 Å². The lowest BCUT2D eigenvalue weighted by atomic mass is 10.2. The summed E-state index contributed by atoms with van der Waals surface area (Å²) in [4.78, 5) is 13.0. The summed E-state index contributed by atoms with van der Waals surface area (Å²) in [6.07, 6.45) is 1.46. The monoisotopic (exact) mass is 635 g/mol. The number of carbonyl (C=O) groups excluding carboxylic acids is 1. The summed E-state index contributed by atoms with van der Waals surface area (Å²) in [7, 11) is -4.03. The van der Waals surface area contributed by atoms with Crippen LogP contribution < -0.4 is 19.2 Å². The third-order valence-corrected chi connectivity index (χ3v) is 8.18. The smallest absolute Gasteiger partial charge is 0.264 e. The number of benzene rings is 4. The van der Waals surface area contributed by atoms with Crippen LogP contribution in [-0.2, 0) is 21.4 Å². The van der Waals surface area contributed by atoms with Crippen molar-refractivity contribution in [3.8, 4) is 11.5 Å². The molecule has 0 spiro atoms. The van der Waals surface area contributed by atoms with Crippen LogP contribution in [0.15, 0.2) is 112 Å². The van der Waals surface area contributed by atoms with Gasteiger partial charge in [-0.2, -0.15) is 5.10 Å². The Morgan fingerprint density at radius 2 is 1.68 bits per heavy atom. The zero-order valence-corrected chi connectivity index (χ0v) is 25.1. The van der Waals surface area contributed by atoms with Crippen molar-refractivity contribution in [3.05, 3.63) is 118 Å². The summed E-state index contributed by atoms with van der Waals surface area (Å²) in [5, 5.41) is 4.05. The van der Waals surface area contributed by atoms with Gasteiger partial charge in [0.2, 0.25) is 0 Å². The minimum absolute atomic E-state index is 0.0809. The highest BCUT2D eigenvalue weighted by Crippen LogP contribution is 2.29. The third-order valence-electron chi connectivity index (χ3n) is 5.90. The fraction of sp³-hybridized carbons (Fsp3) is 0.161. The molecule has 0 bridgehead atoms. The van der Waals surface area contributed by atoms with Crippen molar-refractivity contribution >= 4 is 43.8 Å². The van der Waals surface area contributed by atoms with Crippen LogP contribution in [0.1, 0.15) is 23.6 Å². The van der Waals surface area contributed by atoms with Gasteiger partial charge >= 0.3 is 0 Å². The van der Waals surface area contributed by atoms with Crippen molar-refractivity contribution in [2.45, 2.75) is 25.3 Å². The predicted molar refractivity (Wildman–Crippen MR) is 164 cm³/mol. The SMILES string of the molecule is CCOc1cc(/C=N\NC(=O)CN(c2cccc(Br)c2)S(=O)(=O)c2ccc(C)cc2)ccc1OCc1ccccc1. The van der Waals surface area contributed by atoms with E-state index in [1.165, 1.54) is 18.3 Å². The van der Waals surface area contributed by atoms with Gasteiger partial charge < -0.3 is 9.47 Å². The summed E-state index contributed by atoms with van der Waals surface area (Å²) in [5.41, 5.74) is 5.39. The minimum Gasteiger partial charge on any atom is -0.490 e. The van der Waals surface area contributed by atoms with Gasteiger partial charge in [-0.15, -0.1) is 0 Å². The lowest BCUT2D eigenvalue weighted by Crippen LogP contribution is -2.39. The van der Waals surface area contributed by atoms with Crippen molar-refractivity contribution in [2.24, 2.45) is 5.10 Å². The molecule has 1 amide bonds. The van der Waals surface area contributed by atoms with E-state index in [1.807, 2.05) is 44.2 Å². The van der Waals surface area contributed by atoms with Crippen LogP contribution in [0.4, 0.5) is 5.69 Å². The molecule has 0 saturated carbocycles. The van der Waals surface area contributed by atoms with Crippen LogP contribution in [0.3, 0.4) is 0 Å². The Kier molecular flexibility index (Phi) is 10.2.